The SMILES string of the molecule is CC(C)(C)OC(=O)N(C(=O)OC(C)(C)C)c1nccc2cc(NC(C(=O)O)c3ccc(OCC(=O)Nc4cccc(CNC(=O)OCc5ccccc5)c4)cc3)ccc12. The van der Waals surface area contributed by atoms with Gasteiger partial charge in [0, 0.05) is 29.5 Å². The van der Waals surface area contributed by atoms with Crippen LogP contribution >= 0.6 is 0 Å². The first-order valence-corrected chi connectivity index (χ1v) is 18.6. The van der Waals surface area contributed by atoms with Crippen LogP contribution < -0.4 is 25.6 Å². The molecule has 5 rings (SSSR count). The van der Waals surface area contributed by atoms with E-state index in [2.05, 4.69) is 20.9 Å². The molecule has 1 atom stereocenters. The fourth-order valence-corrected chi connectivity index (χ4v) is 5.56. The van der Waals surface area contributed by atoms with Gasteiger partial charge in [-0.2, -0.15) is 4.90 Å². The van der Waals surface area contributed by atoms with Crippen LogP contribution in [-0.2, 0) is 37.0 Å². The molecule has 0 fully saturated rings. The maximum Gasteiger partial charge on any atom is 0.425 e. The summed E-state index contributed by atoms with van der Waals surface area (Å²) in [5.74, 6) is -1.26. The fourth-order valence-electron chi connectivity index (χ4n) is 5.56. The van der Waals surface area contributed by atoms with Gasteiger partial charge in [-0.3, -0.25) is 4.79 Å². The Balaban J connectivity index is 1.19. The zero-order chi connectivity index (χ0) is 42.7. The lowest BCUT2D eigenvalue weighted by molar-refractivity contribution is -0.138. The van der Waals surface area contributed by atoms with E-state index in [0.717, 1.165) is 16.0 Å². The van der Waals surface area contributed by atoms with Crippen molar-refractivity contribution in [2.24, 2.45) is 0 Å². The minimum atomic E-state index is -1.18. The van der Waals surface area contributed by atoms with E-state index < -0.39 is 47.4 Å². The van der Waals surface area contributed by atoms with Crippen molar-refractivity contribution in [3.63, 3.8) is 0 Å². The van der Waals surface area contributed by atoms with E-state index in [-0.39, 0.29) is 25.6 Å². The summed E-state index contributed by atoms with van der Waals surface area (Å²) >= 11 is 0. The third-order valence-electron chi connectivity index (χ3n) is 8.11. The molecule has 5 aromatic rings. The first-order chi connectivity index (χ1) is 27.9. The van der Waals surface area contributed by atoms with Gasteiger partial charge in [0.1, 0.15) is 23.6 Å². The number of alkyl carbamates (subject to hydrolysis) is 1. The summed E-state index contributed by atoms with van der Waals surface area (Å²) < 4.78 is 21.9. The number of hydrogen-bond donors (Lipinski definition) is 4. The van der Waals surface area contributed by atoms with E-state index in [1.807, 2.05) is 30.3 Å². The number of aliphatic carboxylic acids is 1. The van der Waals surface area contributed by atoms with E-state index in [0.29, 0.717) is 33.5 Å². The Bertz CT molecular complexity index is 2260. The first kappa shape index (κ1) is 43.0. The van der Waals surface area contributed by atoms with E-state index in [4.69, 9.17) is 18.9 Å². The molecule has 1 unspecified atom stereocenters. The van der Waals surface area contributed by atoms with Gasteiger partial charge in [0.05, 0.1) is 0 Å². The Morgan fingerprint density at radius 1 is 0.746 bits per heavy atom. The zero-order valence-corrected chi connectivity index (χ0v) is 33.6. The largest absolute Gasteiger partial charge is 0.484 e. The van der Waals surface area contributed by atoms with Crippen molar-refractivity contribution in [3.05, 3.63) is 126 Å². The smallest absolute Gasteiger partial charge is 0.425 e. The van der Waals surface area contributed by atoms with Crippen LogP contribution in [0.15, 0.2) is 109 Å². The standard InChI is InChI=1S/C44H47N5O10/c1-43(2,3)58-41(54)49(42(55)59-44(4,5)6)38-35-20-17-33(24-31(35)21-22-45-38)48-37(39(51)52)30-15-18-34(19-16-30)56-27-36(50)47-32-14-10-13-29(23-32)25-46-40(53)57-26-28-11-8-7-9-12-28/h7-24,37,48H,25-27H2,1-6H3,(H,46,53)(H,47,50)(H,51,52). The predicted octanol–water partition coefficient (Wildman–Crippen LogP) is 8.59. The molecule has 1 heterocycles. The third kappa shape index (κ3) is 12.9. The Kier molecular flexibility index (Phi) is 13.7. The van der Waals surface area contributed by atoms with Gasteiger partial charge < -0.3 is 40.0 Å². The van der Waals surface area contributed by atoms with Crippen LogP contribution in [0.25, 0.3) is 10.8 Å². The Labute approximate surface area is 341 Å². The second-order valence-electron chi connectivity index (χ2n) is 15.3. The second-order valence-corrected chi connectivity index (χ2v) is 15.3. The highest BCUT2D eigenvalue weighted by Crippen LogP contribution is 2.31. The number of fused-ring (bicyclic) bond motifs is 1. The van der Waals surface area contributed by atoms with Crippen LogP contribution in [0, 0.1) is 0 Å². The summed E-state index contributed by atoms with van der Waals surface area (Å²) in [5, 5.41) is 19.6. The van der Waals surface area contributed by atoms with Crippen molar-refractivity contribution in [3.8, 4) is 5.75 Å². The summed E-state index contributed by atoms with van der Waals surface area (Å²) in [5.41, 5.74) is 1.12. The van der Waals surface area contributed by atoms with Gasteiger partial charge in [-0.25, -0.2) is 24.2 Å². The number of benzene rings is 4. The maximum atomic E-state index is 13.3. The number of imide groups is 1. The molecule has 0 saturated heterocycles. The third-order valence-corrected chi connectivity index (χ3v) is 8.11. The molecule has 1 aromatic heterocycles. The van der Waals surface area contributed by atoms with Crippen LogP contribution in [0.3, 0.4) is 0 Å². The molecule has 0 aliphatic carbocycles. The average Bonchev–Trinajstić information content (AvgIpc) is 3.17. The minimum absolute atomic E-state index is 0.0172. The van der Waals surface area contributed by atoms with E-state index in [1.54, 1.807) is 114 Å². The molecule has 0 bridgehead atoms. The number of pyridine rings is 1. The molecule has 0 radical (unpaired) electrons. The Morgan fingerprint density at radius 2 is 1.41 bits per heavy atom. The molecule has 0 spiro atoms. The number of carbonyl (C=O) groups is 5. The van der Waals surface area contributed by atoms with E-state index in [9.17, 15) is 29.1 Å². The number of hydrogen-bond acceptors (Lipinski definition) is 11. The molecule has 59 heavy (non-hydrogen) atoms. The van der Waals surface area contributed by atoms with Crippen LogP contribution in [-0.4, -0.2) is 58.1 Å². The quantitative estimate of drug-likeness (QED) is 0.0829. The number of nitrogens with one attached hydrogen (secondary N) is 3. The normalized spacial score (nSPS) is 11.8. The molecule has 4 N–H and O–H groups in total. The number of carboxylic acid groups (broad SMARTS) is 1. The highest BCUT2D eigenvalue weighted by molar-refractivity contribution is 6.14. The van der Waals surface area contributed by atoms with E-state index >= 15 is 0 Å². The first-order valence-electron chi connectivity index (χ1n) is 18.6. The Morgan fingerprint density at radius 3 is 2.05 bits per heavy atom. The molecule has 15 heteroatoms. The van der Waals surface area contributed by atoms with Crippen molar-refractivity contribution >= 4 is 58.1 Å². The Hall–Kier alpha value is -7.16. The summed E-state index contributed by atoms with van der Waals surface area (Å²) in [7, 11) is 0. The zero-order valence-electron chi connectivity index (χ0n) is 33.6. The number of carboxylic acids is 1. The molecule has 0 aliphatic heterocycles. The monoisotopic (exact) mass is 805 g/mol. The average molecular weight is 806 g/mol. The lowest BCUT2D eigenvalue weighted by Gasteiger charge is -2.28. The number of carbonyl (C=O) groups excluding carboxylic acids is 4. The lowest BCUT2D eigenvalue weighted by atomic mass is 10.1. The van der Waals surface area contributed by atoms with Gasteiger partial charge in [-0.05, 0) is 112 Å². The van der Waals surface area contributed by atoms with Gasteiger partial charge in [-0.1, -0.05) is 54.6 Å². The number of anilines is 3. The van der Waals surface area contributed by atoms with E-state index in [1.165, 1.54) is 6.20 Å². The summed E-state index contributed by atoms with van der Waals surface area (Å²) in [4.78, 5) is 68.9. The maximum absolute atomic E-state index is 13.3. The number of aromatic nitrogens is 1. The lowest BCUT2D eigenvalue weighted by Crippen LogP contribution is -2.44. The molecule has 4 aromatic carbocycles. The number of rotatable bonds is 13. The summed E-state index contributed by atoms with van der Waals surface area (Å²) in [6.07, 6.45) is -1.09. The van der Waals surface area contributed by atoms with Crippen molar-refractivity contribution in [1.29, 1.82) is 0 Å². The van der Waals surface area contributed by atoms with Gasteiger partial charge in [-0.15, -0.1) is 0 Å². The molecule has 15 nitrogen and oxygen atoms in total. The molecule has 308 valence electrons. The highest BCUT2D eigenvalue weighted by atomic mass is 16.6. The summed E-state index contributed by atoms with van der Waals surface area (Å²) in [6, 6.07) is 27.9. The van der Waals surface area contributed by atoms with Gasteiger partial charge in [0.15, 0.2) is 18.5 Å². The minimum Gasteiger partial charge on any atom is -0.484 e. The number of nitrogens with zero attached hydrogens (tertiary/aromatic N) is 2. The van der Waals surface area contributed by atoms with Crippen molar-refractivity contribution in [2.75, 3.05) is 22.1 Å². The van der Waals surface area contributed by atoms with Crippen LogP contribution in [0.1, 0.15) is 64.3 Å². The van der Waals surface area contributed by atoms with Crippen molar-refractivity contribution in [2.45, 2.75) is 71.9 Å². The van der Waals surface area contributed by atoms with Gasteiger partial charge in [0.2, 0.25) is 0 Å². The summed E-state index contributed by atoms with van der Waals surface area (Å²) in [6.45, 7) is 10.0. The topological polar surface area (TPSA) is 195 Å². The molecular weight excluding hydrogens is 759 g/mol. The number of amides is 4. The van der Waals surface area contributed by atoms with Crippen LogP contribution in [0.4, 0.5) is 31.6 Å². The predicted molar refractivity (Wildman–Crippen MR) is 221 cm³/mol. The fraction of sp³-hybridized carbons (Fsp3) is 0.273. The van der Waals surface area contributed by atoms with Gasteiger partial charge in [0.25, 0.3) is 5.91 Å². The highest BCUT2D eigenvalue weighted by Gasteiger charge is 2.34. The molecule has 4 amide bonds. The van der Waals surface area contributed by atoms with Gasteiger partial charge >= 0.3 is 24.2 Å². The van der Waals surface area contributed by atoms with Crippen molar-refractivity contribution in [1.82, 2.24) is 10.3 Å². The van der Waals surface area contributed by atoms with Crippen LogP contribution in [0.2, 0.25) is 0 Å². The number of ether oxygens (including phenoxy) is 4. The molecule has 0 aliphatic rings. The van der Waals surface area contributed by atoms with Crippen LogP contribution in [0.5, 0.6) is 5.75 Å². The second kappa shape index (κ2) is 18.9. The molecular formula is C44H47N5O10. The van der Waals surface area contributed by atoms with Crippen molar-refractivity contribution < 1.29 is 48.0 Å². The molecule has 0 saturated carbocycles.